The monoisotopic (exact) mass is 614 g/mol. The molecule has 3 saturated heterocycles. The van der Waals surface area contributed by atoms with Gasteiger partial charge in [0.05, 0.1) is 17.2 Å². The lowest BCUT2D eigenvalue weighted by Crippen LogP contribution is -2.57. The molecule has 0 saturated carbocycles. The first-order valence-corrected chi connectivity index (χ1v) is 14.2. The number of fused-ring (bicyclic) bond motifs is 1. The summed E-state index contributed by atoms with van der Waals surface area (Å²) in [6, 6.07) is 4.78. The minimum Gasteiger partial charge on any atom is -0.337 e. The van der Waals surface area contributed by atoms with Crippen LogP contribution in [0.5, 0.6) is 0 Å². The molecule has 0 aliphatic carbocycles. The fourth-order valence-corrected chi connectivity index (χ4v) is 6.71. The van der Waals surface area contributed by atoms with Crippen LogP contribution in [0.15, 0.2) is 36.4 Å². The number of halogens is 7. The van der Waals surface area contributed by atoms with Crippen LogP contribution in [0.4, 0.5) is 35.5 Å². The summed E-state index contributed by atoms with van der Waals surface area (Å²) >= 11 is 0. The molecule has 2 aromatic carbocycles. The molecule has 3 amide bonds. The van der Waals surface area contributed by atoms with E-state index in [1.165, 1.54) is 19.2 Å². The molecular weight excluding hydrogens is 581 g/mol. The van der Waals surface area contributed by atoms with E-state index in [2.05, 4.69) is 4.90 Å². The maximum atomic E-state index is 14.0. The van der Waals surface area contributed by atoms with Crippen molar-refractivity contribution in [1.29, 1.82) is 0 Å². The molecule has 3 atom stereocenters. The molecule has 0 radical (unpaired) electrons. The van der Waals surface area contributed by atoms with Gasteiger partial charge in [-0.25, -0.2) is 9.18 Å². The second kappa shape index (κ2) is 11.6. The predicted octanol–water partition coefficient (Wildman–Crippen LogP) is 6.24. The van der Waals surface area contributed by atoms with Crippen molar-refractivity contribution in [2.45, 2.75) is 69.6 Å². The Kier molecular flexibility index (Phi) is 8.40. The maximum Gasteiger partial charge on any atom is 0.416 e. The molecule has 0 spiro atoms. The lowest BCUT2D eigenvalue weighted by molar-refractivity contribution is -0.143. The second-order valence-electron chi connectivity index (χ2n) is 11.7. The molecule has 0 unspecified atom stereocenters. The average Bonchev–Trinajstić information content (AvgIpc) is 3.31. The highest BCUT2D eigenvalue weighted by Crippen LogP contribution is 2.39. The van der Waals surface area contributed by atoms with Crippen molar-refractivity contribution in [2.75, 3.05) is 33.2 Å². The predicted molar refractivity (Wildman–Crippen MR) is 143 cm³/mol. The van der Waals surface area contributed by atoms with Gasteiger partial charge in [0.1, 0.15) is 5.82 Å². The van der Waals surface area contributed by atoms with E-state index in [0.29, 0.717) is 50.0 Å². The molecule has 3 aliphatic rings. The van der Waals surface area contributed by atoms with Crippen molar-refractivity contribution >= 4 is 11.9 Å². The topological polar surface area (TPSA) is 47.1 Å². The van der Waals surface area contributed by atoms with Crippen LogP contribution in [0, 0.1) is 12.7 Å². The number of alkyl halides is 6. The summed E-state index contributed by atoms with van der Waals surface area (Å²) in [6.45, 7) is 3.58. The molecule has 234 valence electrons. The number of hydrogen-bond acceptors (Lipinski definition) is 3. The summed E-state index contributed by atoms with van der Waals surface area (Å²) in [5, 5.41) is 0. The number of likely N-dealkylation sites (tertiary alicyclic amines) is 1. The van der Waals surface area contributed by atoms with Gasteiger partial charge >= 0.3 is 18.4 Å². The van der Waals surface area contributed by atoms with Crippen molar-refractivity contribution in [3.63, 3.8) is 0 Å². The van der Waals surface area contributed by atoms with Gasteiger partial charge in [-0.1, -0.05) is 6.07 Å². The molecule has 3 fully saturated rings. The molecule has 0 aromatic heterocycles. The first kappa shape index (κ1) is 31.1. The van der Waals surface area contributed by atoms with Crippen LogP contribution in [0.2, 0.25) is 0 Å². The zero-order valence-corrected chi connectivity index (χ0v) is 23.8. The standard InChI is InChI=1S/C30H33F7N4O2/c1-18-11-22(31)3-5-25(18)26-15-23(39-9-10-40-24(17-39)4-6-27(40)42)7-8-41(26)28(43)38(2)16-19-12-20(29(32,33)34)14-21(13-19)30(35,36)37/h3,5,11-14,23-24,26H,4,6-10,15-17H2,1-2H3/t23-,24-,26-/m1/s1. The van der Waals surface area contributed by atoms with Crippen molar-refractivity contribution in [2.24, 2.45) is 0 Å². The lowest BCUT2D eigenvalue weighted by atomic mass is 9.88. The van der Waals surface area contributed by atoms with E-state index in [9.17, 15) is 40.3 Å². The molecule has 13 heteroatoms. The Balaban J connectivity index is 1.38. The summed E-state index contributed by atoms with van der Waals surface area (Å²) in [4.78, 5) is 32.9. The van der Waals surface area contributed by atoms with Crippen LogP contribution in [0.3, 0.4) is 0 Å². The fourth-order valence-electron chi connectivity index (χ4n) is 6.71. The molecule has 0 N–H and O–H groups in total. The largest absolute Gasteiger partial charge is 0.416 e. The Morgan fingerprint density at radius 1 is 0.930 bits per heavy atom. The van der Waals surface area contributed by atoms with E-state index in [1.54, 1.807) is 17.9 Å². The Morgan fingerprint density at radius 2 is 1.60 bits per heavy atom. The number of carbonyl (C=O) groups is 2. The Hall–Kier alpha value is -3.35. The maximum absolute atomic E-state index is 14.0. The van der Waals surface area contributed by atoms with Gasteiger partial charge in [0, 0.05) is 58.3 Å². The number of rotatable bonds is 4. The summed E-state index contributed by atoms with van der Waals surface area (Å²) in [6.07, 6.45) is -7.56. The third-order valence-electron chi connectivity index (χ3n) is 8.85. The summed E-state index contributed by atoms with van der Waals surface area (Å²) in [5.74, 6) is -0.272. The third-order valence-corrected chi connectivity index (χ3v) is 8.85. The van der Waals surface area contributed by atoms with E-state index >= 15 is 0 Å². The van der Waals surface area contributed by atoms with E-state index in [1.807, 2.05) is 4.90 Å². The van der Waals surface area contributed by atoms with Gasteiger partial charge in [0.25, 0.3) is 0 Å². The number of nitrogens with zero attached hydrogens (tertiary/aromatic N) is 4. The average molecular weight is 615 g/mol. The van der Waals surface area contributed by atoms with Crippen LogP contribution in [0.25, 0.3) is 0 Å². The number of amides is 3. The second-order valence-corrected chi connectivity index (χ2v) is 11.7. The van der Waals surface area contributed by atoms with Gasteiger partial charge in [-0.05, 0) is 73.2 Å². The zero-order chi connectivity index (χ0) is 31.3. The molecule has 3 aliphatic heterocycles. The zero-order valence-electron chi connectivity index (χ0n) is 23.8. The van der Waals surface area contributed by atoms with Crippen molar-refractivity contribution in [3.05, 3.63) is 70.0 Å². The van der Waals surface area contributed by atoms with E-state index in [4.69, 9.17) is 0 Å². The first-order valence-electron chi connectivity index (χ1n) is 14.2. The van der Waals surface area contributed by atoms with Gasteiger partial charge in [0.2, 0.25) is 5.91 Å². The highest BCUT2D eigenvalue weighted by molar-refractivity contribution is 5.79. The first-order chi connectivity index (χ1) is 20.1. The quantitative estimate of drug-likeness (QED) is 0.384. The van der Waals surface area contributed by atoms with Gasteiger partial charge < -0.3 is 14.7 Å². The molecule has 2 aromatic rings. The van der Waals surface area contributed by atoms with Crippen LogP contribution >= 0.6 is 0 Å². The highest BCUT2D eigenvalue weighted by Gasteiger charge is 2.42. The smallest absolute Gasteiger partial charge is 0.337 e. The van der Waals surface area contributed by atoms with Gasteiger partial charge in [-0.3, -0.25) is 9.69 Å². The van der Waals surface area contributed by atoms with Gasteiger partial charge in [0.15, 0.2) is 0 Å². The summed E-state index contributed by atoms with van der Waals surface area (Å²) in [7, 11) is 1.34. The lowest BCUT2D eigenvalue weighted by Gasteiger charge is -2.48. The number of urea groups is 1. The van der Waals surface area contributed by atoms with Crippen molar-refractivity contribution < 1.29 is 40.3 Å². The van der Waals surface area contributed by atoms with Gasteiger partial charge in [-0.15, -0.1) is 0 Å². The minimum atomic E-state index is -5.00. The molecule has 6 nitrogen and oxygen atoms in total. The number of benzene rings is 2. The normalized spacial score (nSPS) is 23.5. The number of carbonyl (C=O) groups excluding carboxylic acids is 2. The van der Waals surface area contributed by atoms with Crippen LogP contribution in [-0.4, -0.2) is 76.8 Å². The number of piperidine rings is 1. The van der Waals surface area contributed by atoms with E-state index in [0.717, 1.165) is 23.4 Å². The Bertz CT molecular complexity index is 1350. The van der Waals surface area contributed by atoms with Crippen molar-refractivity contribution in [1.82, 2.24) is 19.6 Å². The van der Waals surface area contributed by atoms with Crippen LogP contribution < -0.4 is 0 Å². The van der Waals surface area contributed by atoms with Crippen molar-refractivity contribution in [3.8, 4) is 0 Å². The summed E-state index contributed by atoms with van der Waals surface area (Å²) in [5.41, 5.74) is -1.83. The minimum absolute atomic E-state index is 0.0603. The molecule has 3 heterocycles. The molecule has 0 bridgehead atoms. The van der Waals surface area contributed by atoms with E-state index < -0.39 is 47.9 Å². The molecular formula is C30H33F7N4O2. The Morgan fingerprint density at radius 3 is 2.23 bits per heavy atom. The highest BCUT2D eigenvalue weighted by atomic mass is 19.4. The van der Waals surface area contributed by atoms with Crippen LogP contribution in [0.1, 0.15) is 59.5 Å². The van der Waals surface area contributed by atoms with Crippen LogP contribution in [-0.2, 0) is 23.7 Å². The number of hydrogen-bond donors (Lipinski definition) is 0. The fraction of sp³-hybridized carbons (Fsp3) is 0.533. The number of piperazine rings is 1. The molecule has 43 heavy (non-hydrogen) atoms. The SMILES string of the molecule is Cc1cc(F)ccc1[C@H]1C[C@H](N2CCN3C(=O)CC[C@@H]3C2)CCN1C(=O)N(C)Cc1cc(C(F)(F)F)cc(C(F)(F)F)c1. The number of aryl methyl sites for hydroxylation is 1. The third kappa shape index (κ3) is 6.61. The van der Waals surface area contributed by atoms with Gasteiger partial charge in [-0.2, -0.15) is 26.3 Å². The summed E-state index contributed by atoms with van der Waals surface area (Å²) < 4.78 is 94.4. The molecule has 5 rings (SSSR count). The Labute approximate surface area is 245 Å². The van der Waals surface area contributed by atoms with E-state index in [-0.39, 0.29) is 36.2 Å².